The van der Waals surface area contributed by atoms with Gasteiger partial charge in [-0.25, -0.2) is 8.42 Å². The number of nitrogens with zero attached hydrogens (tertiary/aromatic N) is 1. The predicted molar refractivity (Wildman–Crippen MR) is 77.0 cm³/mol. The molecule has 5 nitrogen and oxygen atoms in total. The standard InChI is InChI=1S/C12H15N3O2S2/c1-13-7-6-11-2-3-12(18-11)19(16,17)15-10-4-8-14-9-5-10/h2-5,8-9,13H,6-7H2,1H3,(H,14,15). The van der Waals surface area contributed by atoms with E-state index in [4.69, 9.17) is 0 Å². The molecule has 0 amide bonds. The molecule has 0 bridgehead atoms. The molecule has 2 aromatic rings. The lowest BCUT2D eigenvalue weighted by atomic mass is 10.3. The minimum absolute atomic E-state index is 0.329. The van der Waals surface area contributed by atoms with Gasteiger partial charge in [0.05, 0.1) is 5.69 Å². The van der Waals surface area contributed by atoms with Crippen molar-refractivity contribution in [1.82, 2.24) is 10.3 Å². The second kappa shape index (κ2) is 6.14. The van der Waals surface area contributed by atoms with Crippen molar-refractivity contribution in [3.8, 4) is 0 Å². The van der Waals surface area contributed by atoms with Crippen molar-refractivity contribution < 1.29 is 8.42 Å². The lowest BCUT2D eigenvalue weighted by molar-refractivity contribution is 0.603. The number of pyridine rings is 1. The Balaban J connectivity index is 2.13. The lowest BCUT2D eigenvalue weighted by Crippen LogP contribution is -2.11. The number of sulfonamides is 1. The molecule has 0 aromatic carbocycles. The average molecular weight is 297 g/mol. The van der Waals surface area contributed by atoms with Crippen molar-refractivity contribution in [2.75, 3.05) is 18.3 Å². The fraction of sp³-hybridized carbons (Fsp3) is 0.250. The monoisotopic (exact) mass is 297 g/mol. The van der Waals surface area contributed by atoms with E-state index in [1.807, 2.05) is 13.1 Å². The molecular weight excluding hydrogens is 282 g/mol. The predicted octanol–water partition coefficient (Wildman–Crippen LogP) is 1.71. The highest BCUT2D eigenvalue weighted by Gasteiger charge is 2.16. The van der Waals surface area contributed by atoms with Crippen molar-refractivity contribution in [3.63, 3.8) is 0 Å². The molecule has 2 heterocycles. The third-order valence-electron chi connectivity index (χ3n) is 2.46. The Bertz CT molecular complexity index is 623. The number of rotatable bonds is 6. The van der Waals surface area contributed by atoms with Gasteiger partial charge in [-0.3, -0.25) is 9.71 Å². The van der Waals surface area contributed by atoms with Gasteiger partial charge >= 0.3 is 0 Å². The maximum Gasteiger partial charge on any atom is 0.271 e. The van der Waals surface area contributed by atoms with Crippen molar-refractivity contribution >= 4 is 27.0 Å². The summed E-state index contributed by atoms with van der Waals surface area (Å²) in [4.78, 5) is 4.89. The molecule has 102 valence electrons. The highest BCUT2D eigenvalue weighted by Crippen LogP contribution is 2.24. The molecule has 0 aliphatic heterocycles. The number of anilines is 1. The molecule has 7 heteroatoms. The van der Waals surface area contributed by atoms with Crippen LogP contribution in [0.4, 0.5) is 5.69 Å². The molecule has 0 radical (unpaired) electrons. The van der Waals surface area contributed by atoms with Crippen molar-refractivity contribution in [3.05, 3.63) is 41.5 Å². The second-order valence-electron chi connectivity index (χ2n) is 3.92. The van der Waals surface area contributed by atoms with Gasteiger partial charge < -0.3 is 5.32 Å². The maximum atomic E-state index is 12.2. The molecule has 0 aliphatic carbocycles. The van der Waals surface area contributed by atoms with Gasteiger partial charge in [-0.05, 0) is 44.3 Å². The van der Waals surface area contributed by atoms with Crippen LogP contribution in [-0.2, 0) is 16.4 Å². The number of thiophene rings is 1. The van der Waals surface area contributed by atoms with E-state index < -0.39 is 10.0 Å². The number of hydrogen-bond donors (Lipinski definition) is 2. The molecule has 0 saturated carbocycles. The van der Waals surface area contributed by atoms with Crippen LogP contribution in [0.15, 0.2) is 40.9 Å². The molecule has 2 rings (SSSR count). The highest BCUT2D eigenvalue weighted by molar-refractivity contribution is 7.94. The van der Waals surface area contributed by atoms with Crippen LogP contribution >= 0.6 is 11.3 Å². The van der Waals surface area contributed by atoms with Gasteiger partial charge in [-0.2, -0.15) is 0 Å². The van der Waals surface area contributed by atoms with Gasteiger partial charge in [0, 0.05) is 17.3 Å². The van der Waals surface area contributed by atoms with Gasteiger partial charge in [0.15, 0.2) is 0 Å². The summed E-state index contributed by atoms with van der Waals surface area (Å²) in [5.74, 6) is 0. The summed E-state index contributed by atoms with van der Waals surface area (Å²) in [5.41, 5.74) is 0.514. The smallest absolute Gasteiger partial charge is 0.271 e. The van der Waals surface area contributed by atoms with Crippen LogP contribution in [0.1, 0.15) is 4.88 Å². The van der Waals surface area contributed by atoms with Gasteiger partial charge in [0.25, 0.3) is 10.0 Å². The van der Waals surface area contributed by atoms with Gasteiger partial charge in [-0.1, -0.05) is 0 Å². The molecule has 2 N–H and O–H groups in total. The summed E-state index contributed by atoms with van der Waals surface area (Å²) in [6.45, 7) is 0.831. The molecule has 0 spiro atoms. The highest BCUT2D eigenvalue weighted by atomic mass is 32.2. The first-order valence-corrected chi connectivity index (χ1v) is 8.08. The van der Waals surface area contributed by atoms with E-state index in [0.29, 0.717) is 9.90 Å². The van der Waals surface area contributed by atoms with Gasteiger partial charge in [0.2, 0.25) is 0 Å². The van der Waals surface area contributed by atoms with E-state index in [2.05, 4.69) is 15.0 Å². The minimum Gasteiger partial charge on any atom is -0.319 e. The molecule has 2 aromatic heterocycles. The molecule has 19 heavy (non-hydrogen) atoms. The van der Waals surface area contributed by atoms with Gasteiger partial charge in [0.1, 0.15) is 4.21 Å². The number of hydrogen-bond acceptors (Lipinski definition) is 5. The van der Waals surface area contributed by atoms with E-state index in [9.17, 15) is 8.42 Å². The first-order valence-electron chi connectivity index (χ1n) is 5.78. The van der Waals surface area contributed by atoms with E-state index in [0.717, 1.165) is 17.8 Å². The summed E-state index contributed by atoms with van der Waals surface area (Å²) in [7, 11) is -1.63. The Morgan fingerprint density at radius 1 is 1.21 bits per heavy atom. The summed E-state index contributed by atoms with van der Waals surface area (Å²) >= 11 is 1.29. The molecule has 0 unspecified atom stereocenters. The van der Waals surface area contributed by atoms with Crippen LogP contribution in [0.5, 0.6) is 0 Å². The second-order valence-corrected chi connectivity index (χ2v) is 6.99. The Morgan fingerprint density at radius 2 is 1.95 bits per heavy atom. The lowest BCUT2D eigenvalue weighted by Gasteiger charge is -2.05. The Hall–Kier alpha value is -1.44. The topological polar surface area (TPSA) is 71.1 Å². The number of nitrogens with one attached hydrogen (secondary N) is 2. The van der Waals surface area contributed by atoms with E-state index in [1.165, 1.54) is 11.3 Å². The minimum atomic E-state index is -3.50. The number of aromatic nitrogens is 1. The van der Waals surface area contributed by atoms with Crippen LogP contribution < -0.4 is 10.0 Å². The first-order chi connectivity index (χ1) is 9.12. The summed E-state index contributed by atoms with van der Waals surface area (Å²) in [5, 5.41) is 3.04. The fourth-order valence-electron chi connectivity index (χ4n) is 1.51. The zero-order chi connectivity index (χ0) is 13.7. The number of likely N-dealkylation sites (N-methyl/N-ethyl adjacent to an activating group) is 1. The third-order valence-corrected chi connectivity index (χ3v) is 5.47. The van der Waals surface area contributed by atoms with Crippen LogP contribution in [0, 0.1) is 0 Å². The van der Waals surface area contributed by atoms with Crippen molar-refractivity contribution in [1.29, 1.82) is 0 Å². The fourth-order valence-corrected chi connectivity index (χ4v) is 3.92. The van der Waals surface area contributed by atoms with Crippen LogP contribution in [-0.4, -0.2) is 27.0 Å². The summed E-state index contributed by atoms with van der Waals surface area (Å²) in [6, 6.07) is 6.72. The zero-order valence-electron chi connectivity index (χ0n) is 10.5. The third kappa shape index (κ3) is 3.76. The molecular formula is C12H15N3O2S2. The Morgan fingerprint density at radius 3 is 2.63 bits per heavy atom. The quantitative estimate of drug-likeness (QED) is 0.851. The molecule has 0 fully saturated rings. The largest absolute Gasteiger partial charge is 0.319 e. The van der Waals surface area contributed by atoms with Gasteiger partial charge in [-0.15, -0.1) is 11.3 Å². The van der Waals surface area contributed by atoms with Crippen molar-refractivity contribution in [2.45, 2.75) is 10.6 Å². The zero-order valence-corrected chi connectivity index (χ0v) is 12.1. The van der Waals surface area contributed by atoms with Crippen LogP contribution in [0.3, 0.4) is 0 Å². The first kappa shape index (κ1) is 14.0. The molecule has 0 aliphatic rings. The maximum absolute atomic E-state index is 12.2. The van der Waals surface area contributed by atoms with Crippen LogP contribution in [0.2, 0.25) is 0 Å². The average Bonchev–Trinajstić information content (AvgIpc) is 2.86. The van der Waals surface area contributed by atoms with Crippen LogP contribution in [0.25, 0.3) is 0 Å². The summed E-state index contributed by atoms with van der Waals surface area (Å²) < 4.78 is 27.2. The molecule has 0 atom stereocenters. The Kier molecular flexibility index (Phi) is 4.52. The summed E-state index contributed by atoms with van der Waals surface area (Å²) in [6.07, 6.45) is 3.92. The SMILES string of the molecule is CNCCc1ccc(S(=O)(=O)Nc2ccncc2)s1. The molecule has 0 saturated heterocycles. The van der Waals surface area contributed by atoms with E-state index in [-0.39, 0.29) is 0 Å². The van der Waals surface area contributed by atoms with E-state index in [1.54, 1.807) is 30.6 Å². The Labute approximate surface area is 116 Å². The van der Waals surface area contributed by atoms with E-state index >= 15 is 0 Å². The normalized spacial score (nSPS) is 11.4. The van der Waals surface area contributed by atoms with Crippen molar-refractivity contribution in [2.24, 2.45) is 0 Å².